The Morgan fingerprint density at radius 2 is 0.721 bits per heavy atom. The van der Waals surface area contributed by atoms with Gasteiger partial charge in [-0.2, -0.15) is 0 Å². The van der Waals surface area contributed by atoms with Crippen LogP contribution >= 0.6 is 0 Å². The molecule has 0 aromatic carbocycles. The highest BCUT2D eigenvalue weighted by Gasteiger charge is 2.16. The van der Waals surface area contributed by atoms with Gasteiger partial charge in [-0.15, -0.1) is 0 Å². The number of aliphatic hydroxyl groups excluding tert-OH is 1. The van der Waals surface area contributed by atoms with Crippen molar-refractivity contribution >= 4 is 11.9 Å². The first-order valence-corrected chi connectivity index (χ1v) is 24.2. The predicted octanol–water partition coefficient (Wildman–Crippen LogP) is 16.1. The molecule has 1 unspecified atom stereocenters. The number of aliphatic hydroxyl groups is 1. The fourth-order valence-corrected chi connectivity index (χ4v) is 6.05. The lowest BCUT2D eigenvalue weighted by atomic mass is 10.1. The lowest BCUT2D eigenvalue weighted by Crippen LogP contribution is -2.28. The number of carbonyl (C=O) groups is 2. The van der Waals surface area contributed by atoms with Crippen molar-refractivity contribution in [3.8, 4) is 0 Å². The van der Waals surface area contributed by atoms with Gasteiger partial charge in [0, 0.05) is 12.8 Å². The molecule has 0 aliphatic carbocycles. The first-order valence-electron chi connectivity index (χ1n) is 24.2. The van der Waals surface area contributed by atoms with Gasteiger partial charge in [0.25, 0.3) is 0 Å². The summed E-state index contributed by atoms with van der Waals surface area (Å²) in [4.78, 5) is 24.4. The molecule has 0 radical (unpaired) electrons. The average molecular weight is 841 g/mol. The van der Waals surface area contributed by atoms with Crippen LogP contribution in [-0.4, -0.2) is 36.4 Å². The van der Waals surface area contributed by atoms with E-state index in [0.717, 1.165) is 96.3 Å². The largest absolute Gasteiger partial charge is 0.462 e. The Labute approximate surface area is 375 Å². The van der Waals surface area contributed by atoms with Gasteiger partial charge >= 0.3 is 11.9 Å². The van der Waals surface area contributed by atoms with Gasteiger partial charge in [-0.1, -0.05) is 199 Å². The summed E-state index contributed by atoms with van der Waals surface area (Å²) in [6, 6.07) is 0. The molecule has 0 bridgehead atoms. The van der Waals surface area contributed by atoms with E-state index in [1.807, 2.05) is 0 Å². The number of hydrogen-bond acceptors (Lipinski definition) is 5. The van der Waals surface area contributed by atoms with Crippen LogP contribution in [-0.2, 0) is 19.1 Å². The highest BCUT2D eigenvalue weighted by molar-refractivity contribution is 5.70. The number of ether oxygens (including phenoxy) is 2. The molecule has 5 heteroatoms. The normalized spacial score (nSPS) is 13.4. The summed E-state index contributed by atoms with van der Waals surface area (Å²) in [7, 11) is 0. The molecule has 0 fully saturated rings. The maximum Gasteiger partial charge on any atom is 0.306 e. The SMILES string of the molecule is CC/C=C\C/C=C\C/C=C\C/C=C\C/C=C\C/C=C\C/C=C\C/C=C\C/C=C\CCCC(=O)OC(CO)COC(=O)CCCCCCCCC/C=C\C/C=C\CCCCCC. The number of esters is 2. The zero-order chi connectivity index (χ0) is 44.2. The molecule has 1 atom stereocenters. The zero-order valence-corrected chi connectivity index (χ0v) is 38.9. The maximum absolute atomic E-state index is 12.2. The average Bonchev–Trinajstić information content (AvgIpc) is 3.26. The third kappa shape index (κ3) is 48.6. The first-order chi connectivity index (χ1) is 30.1. The fraction of sp³-hybridized carbons (Fsp3) is 0.571. The molecule has 1 N–H and O–H groups in total. The van der Waals surface area contributed by atoms with Crippen LogP contribution in [0.2, 0.25) is 0 Å². The maximum atomic E-state index is 12.2. The Bertz CT molecular complexity index is 1320. The molecule has 0 saturated heterocycles. The van der Waals surface area contributed by atoms with Crippen LogP contribution in [0.15, 0.2) is 134 Å². The van der Waals surface area contributed by atoms with Gasteiger partial charge in [0.05, 0.1) is 6.61 Å². The highest BCUT2D eigenvalue weighted by Crippen LogP contribution is 2.12. The zero-order valence-electron chi connectivity index (χ0n) is 38.9. The number of rotatable bonds is 42. The summed E-state index contributed by atoms with van der Waals surface area (Å²) >= 11 is 0. The van der Waals surface area contributed by atoms with Gasteiger partial charge in [0.2, 0.25) is 0 Å². The number of unbranched alkanes of at least 4 members (excludes halogenated alkanes) is 12. The summed E-state index contributed by atoms with van der Waals surface area (Å²) in [6.07, 6.45) is 75.3. The van der Waals surface area contributed by atoms with Crippen molar-refractivity contribution in [2.45, 2.75) is 193 Å². The molecule has 61 heavy (non-hydrogen) atoms. The second-order valence-corrected chi connectivity index (χ2v) is 15.4. The Balaban J connectivity index is 3.73. The van der Waals surface area contributed by atoms with E-state index in [1.165, 1.54) is 57.8 Å². The molecule has 5 nitrogen and oxygen atoms in total. The van der Waals surface area contributed by atoms with Crippen molar-refractivity contribution in [3.05, 3.63) is 134 Å². The van der Waals surface area contributed by atoms with Gasteiger partial charge in [0.15, 0.2) is 6.10 Å². The van der Waals surface area contributed by atoms with E-state index in [4.69, 9.17) is 9.47 Å². The molecular weight excluding hydrogens is 753 g/mol. The lowest BCUT2D eigenvalue weighted by Gasteiger charge is -2.15. The summed E-state index contributed by atoms with van der Waals surface area (Å²) in [5, 5.41) is 9.60. The first kappa shape index (κ1) is 57.0. The Kier molecular flexibility index (Phi) is 47.1. The van der Waals surface area contributed by atoms with Crippen LogP contribution in [0.4, 0.5) is 0 Å². The minimum Gasteiger partial charge on any atom is -0.462 e. The number of hydrogen-bond donors (Lipinski definition) is 1. The van der Waals surface area contributed by atoms with Gasteiger partial charge in [-0.05, 0) is 109 Å². The lowest BCUT2D eigenvalue weighted by molar-refractivity contribution is -0.161. The van der Waals surface area contributed by atoms with Gasteiger partial charge < -0.3 is 14.6 Å². The second-order valence-electron chi connectivity index (χ2n) is 15.4. The van der Waals surface area contributed by atoms with Crippen molar-refractivity contribution in [1.29, 1.82) is 0 Å². The highest BCUT2D eigenvalue weighted by atomic mass is 16.6. The molecule has 0 spiro atoms. The summed E-state index contributed by atoms with van der Waals surface area (Å²) in [5.74, 6) is -0.681. The monoisotopic (exact) mass is 841 g/mol. The molecule has 0 aliphatic rings. The van der Waals surface area contributed by atoms with Crippen molar-refractivity contribution in [1.82, 2.24) is 0 Å². The smallest absolute Gasteiger partial charge is 0.306 e. The summed E-state index contributed by atoms with van der Waals surface area (Å²) < 4.78 is 10.6. The van der Waals surface area contributed by atoms with Crippen LogP contribution in [0.5, 0.6) is 0 Å². The van der Waals surface area contributed by atoms with E-state index in [9.17, 15) is 14.7 Å². The summed E-state index contributed by atoms with van der Waals surface area (Å²) in [6.45, 7) is 3.94. The van der Waals surface area contributed by atoms with Gasteiger partial charge in [-0.3, -0.25) is 9.59 Å². The van der Waals surface area contributed by atoms with E-state index < -0.39 is 6.10 Å². The van der Waals surface area contributed by atoms with Gasteiger partial charge in [-0.25, -0.2) is 0 Å². The summed E-state index contributed by atoms with van der Waals surface area (Å²) in [5.41, 5.74) is 0. The van der Waals surface area contributed by atoms with E-state index >= 15 is 0 Å². The minimum absolute atomic E-state index is 0.102. The molecule has 0 rings (SSSR count). The number of carbonyl (C=O) groups excluding carboxylic acids is 2. The van der Waals surface area contributed by atoms with E-state index in [2.05, 4.69) is 148 Å². The van der Waals surface area contributed by atoms with Crippen LogP contribution in [0, 0.1) is 0 Å². The molecule has 0 aromatic heterocycles. The molecular formula is C56H88O5. The number of allylic oxidation sites excluding steroid dienone is 22. The standard InChI is InChI=1S/C56H88O5/c1-3-5-7-9-11-13-15-17-19-21-23-24-25-26-27-28-29-30-31-32-33-35-37-39-41-43-45-47-49-51-56(59)61-54(52-57)53-60-55(58)50-48-46-44-42-40-38-36-34-22-20-18-16-14-12-10-8-6-4-2/h5,7,11,13-14,16-17,19-20,22-24,26-27,29-30,32-33,37,39,43,45,54,57H,3-4,6,8-10,12,15,18,21,25,28,31,34-36,38,40-42,44,46-53H2,1-2H3/b7-5-,13-11-,16-14-,19-17-,22-20-,24-23-,27-26-,30-29-,33-32-,39-37-,45-43-. The molecule has 0 heterocycles. The molecule has 342 valence electrons. The topological polar surface area (TPSA) is 72.8 Å². The van der Waals surface area contributed by atoms with Crippen molar-refractivity contribution in [2.75, 3.05) is 13.2 Å². The Morgan fingerprint density at radius 3 is 1.11 bits per heavy atom. The Hall–Kier alpha value is -3.96. The third-order valence-corrected chi connectivity index (χ3v) is 9.68. The van der Waals surface area contributed by atoms with E-state index in [1.54, 1.807) is 0 Å². The van der Waals surface area contributed by atoms with Crippen molar-refractivity contribution in [2.24, 2.45) is 0 Å². The fourth-order valence-electron chi connectivity index (χ4n) is 6.05. The molecule has 0 saturated carbocycles. The molecule has 0 amide bonds. The van der Waals surface area contributed by atoms with Crippen LogP contribution in [0.1, 0.15) is 187 Å². The quantitative estimate of drug-likeness (QED) is 0.0376. The Morgan fingerprint density at radius 1 is 0.393 bits per heavy atom. The minimum atomic E-state index is -0.816. The second kappa shape index (κ2) is 50.4. The van der Waals surface area contributed by atoms with Crippen LogP contribution < -0.4 is 0 Å². The van der Waals surface area contributed by atoms with E-state index in [0.29, 0.717) is 12.8 Å². The van der Waals surface area contributed by atoms with Crippen LogP contribution in [0.25, 0.3) is 0 Å². The van der Waals surface area contributed by atoms with Crippen molar-refractivity contribution < 1.29 is 24.2 Å². The van der Waals surface area contributed by atoms with Gasteiger partial charge in [0.1, 0.15) is 6.61 Å². The van der Waals surface area contributed by atoms with E-state index in [-0.39, 0.29) is 31.6 Å². The van der Waals surface area contributed by atoms with Crippen molar-refractivity contribution in [3.63, 3.8) is 0 Å². The van der Waals surface area contributed by atoms with Crippen LogP contribution in [0.3, 0.4) is 0 Å². The predicted molar refractivity (Wildman–Crippen MR) is 264 cm³/mol. The molecule has 0 aliphatic heterocycles. The molecule has 0 aromatic rings. The third-order valence-electron chi connectivity index (χ3n) is 9.68.